The third-order valence-corrected chi connectivity index (χ3v) is 12.9. The summed E-state index contributed by atoms with van der Waals surface area (Å²) in [6.45, 7) is 0. The standard InChI is InChI=1S/C54H32S/c1-2-15-35-32-51-49(29-34(35)14-1)48-31-37(27-28-50(48)55-51)52-42-20-7-9-22-44(42)54(45-23-10-8-21-43(45)52)53-39-19-6-4-16-36(39)30-47-41(25-12-26-46(47)53)40-24-11-17-33-13-3-5-18-38(33)40/h1-32H. The lowest BCUT2D eigenvalue weighted by atomic mass is 9.82. The number of benzene rings is 11. The Bertz CT molecular complexity index is 3490. The maximum atomic E-state index is 2.45. The third kappa shape index (κ3) is 4.57. The lowest BCUT2D eigenvalue weighted by Crippen LogP contribution is -1.93. The summed E-state index contributed by atoms with van der Waals surface area (Å²) < 4.78 is 2.66. The predicted octanol–water partition coefficient (Wildman–Crippen LogP) is 16.0. The molecule has 0 aliphatic rings. The van der Waals surface area contributed by atoms with Crippen molar-refractivity contribution in [2.24, 2.45) is 0 Å². The highest BCUT2D eigenvalue weighted by molar-refractivity contribution is 7.25. The molecule has 0 bridgehead atoms. The Balaban J connectivity index is 1.18. The fraction of sp³-hybridized carbons (Fsp3) is 0. The molecule has 0 fully saturated rings. The van der Waals surface area contributed by atoms with E-state index >= 15 is 0 Å². The topological polar surface area (TPSA) is 0 Å². The second-order valence-electron chi connectivity index (χ2n) is 14.7. The van der Waals surface area contributed by atoms with Crippen LogP contribution in [0.3, 0.4) is 0 Å². The van der Waals surface area contributed by atoms with Crippen LogP contribution in [0.25, 0.3) is 118 Å². The zero-order valence-electron chi connectivity index (χ0n) is 29.9. The van der Waals surface area contributed by atoms with Gasteiger partial charge in [-0.1, -0.05) is 164 Å². The maximum absolute atomic E-state index is 2.45. The van der Waals surface area contributed by atoms with E-state index in [2.05, 4.69) is 194 Å². The molecular formula is C54H32S. The van der Waals surface area contributed by atoms with Gasteiger partial charge in [0.2, 0.25) is 0 Å². The van der Waals surface area contributed by atoms with Crippen LogP contribution in [0.2, 0.25) is 0 Å². The van der Waals surface area contributed by atoms with Gasteiger partial charge in [0.1, 0.15) is 0 Å². The van der Waals surface area contributed by atoms with Gasteiger partial charge in [0.15, 0.2) is 0 Å². The van der Waals surface area contributed by atoms with Crippen LogP contribution < -0.4 is 0 Å². The van der Waals surface area contributed by atoms with Gasteiger partial charge < -0.3 is 0 Å². The van der Waals surface area contributed by atoms with Gasteiger partial charge in [0.05, 0.1) is 0 Å². The van der Waals surface area contributed by atoms with Gasteiger partial charge >= 0.3 is 0 Å². The molecule has 0 amide bonds. The first kappa shape index (κ1) is 30.6. The van der Waals surface area contributed by atoms with Crippen LogP contribution in [0, 0.1) is 0 Å². The van der Waals surface area contributed by atoms with E-state index in [1.165, 1.54) is 118 Å². The molecule has 0 atom stereocenters. The minimum absolute atomic E-state index is 1.25. The van der Waals surface area contributed by atoms with Gasteiger partial charge in [-0.25, -0.2) is 0 Å². The molecule has 11 aromatic carbocycles. The lowest BCUT2D eigenvalue weighted by Gasteiger charge is -2.21. The van der Waals surface area contributed by atoms with Crippen molar-refractivity contribution < 1.29 is 0 Å². The Morgan fingerprint density at radius 2 is 0.691 bits per heavy atom. The molecule has 0 saturated heterocycles. The smallest absolute Gasteiger partial charge is 0.0361 e. The highest BCUT2D eigenvalue weighted by Crippen LogP contribution is 2.50. The molecule has 0 radical (unpaired) electrons. The van der Waals surface area contributed by atoms with Gasteiger partial charge in [0, 0.05) is 20.2 Å². The monoisotopic (exact) mass is 712 g/mol. The number of hydrogen-bond donors (Lipinski definition) is 0. The van der Waals surface area contributed by atoms with Crippen molar-refractivity contribution in [1.29, 1.82) is 0 Å². The van der Waals surface area contributed by atoms with E-state index in [-0.39, 0.29) is 0 Å². The zero-order valence-corrected chi connectivity index (χ0v) is 30.7. The lowest BCUT2D eigenvalue weighted by molar-refractivity contribution is 1.68. The molecule has 0 aliphatic carbocycles. The van der Waals surface area contributed by atoms with E-state index in [9.17, 15) is 0 Å². The fourth-order valence-corrected chi connectivity index (χ4v) is 10.5. The van der Waals surface area contributed by atoms with Crippen LogP contribution in [-0.2, 0) is 0 Å². The first-order valence-electron chi connectivity index (χ1n) is 19.0. The van der Waals surface area contributed by atoms with Crippen LogP contribution >= 0.6 is 11.3 Å². The number of hydrogen-bond acceptors (Lipinski definition) is 1. The second-order valence-corrected chi connectivity index (χ2v) is 15.8. The molecule has 12 rings (SSSR count). The fourth-order valence-electron chi connectivity index (χ4n) is 9.38. The molecular weight excluding hydrogens is 681 g/mol. The Morgan fingerprint density at radius 1 is 0.236 bits per heavy atom. The van der Waals surface area contributed by atoms with Gasteiger partial charge in [0.25, 0.3) is 0 Å². The average molecular weight is 713 g/mol. The van der Waals surface area contributed by atoms with Gasteiger partial charge in [-0.05, 0) is 128 Å². The molecule has 0 aliphatic heterocycles. The summed E-state index contributed by atoms with van der Waals surface area (Å²) in [6.07, 6.45) is 0. The molecule has 1 aromatic heterocycles. The molecule has 1 heteroatoms. The molecule has 12 aromatic rings. The highest BCUT2D eigenvalue weighted by Gasteiger charge is 2.22. The second kappa shape index (κ2) is 11.9. The quantitative estimate of drug-likeness (QED) is 0.160. The third-order valence-electron chi connectivity index (χ3n) is 11.8. The Hall–Kier alpha value is -6.80. The predicted molar refractivity (Wildman–Crippen MR) is 241 cm³/mol. The van der Waals surface area contributed by atoms with E-state index in [4.69, 9.17) is 0 Å². The summed E-state index contributed by atoms with van der Waals surface area (Å²) in [6, 6.07) is 72.4. The van der Waals surface area contributed by atoms with E-state index in [0.29, 0.717) is 0 Å². The average Bonchev–Trinajstić information content (AvgIpc) is 3.60. The molecule has 0 spiro atoms. The summed E-state index contributed by atoms with van der Waals surface area (Å²) in [5.41, 5.74) is 7.65. The van der Waals surface area contributed by atoms with Crippen molar-refractivity contribution in [2.45, 2.75) is 0 Å². The summed E-state index contributed by atoms with van der Waals surface area (Å²) in [7, 11) is 0. The molecule has 0 unspecified atom stereocenters. The summed E-state index contributed by atoms with van der Waals surface area (Å²) in [5, 5.41) is 17.9. The normalized spacial score (nSPS) is 12.0. The molecule has 1 heterocycles. The molecule has 0 N–H and O–H groups in total. The van der Waals surface area contributed by atoms with Crippen LogP contribution in [-0.4, -0.2) is 0 Å². The summed E-state index contributed by atoms with van der Waals surface area (Å²) in [4.78, 5) is 0. The van der Waals surface area contributed by atoms with Crippen molar-refractivity contribution >= 4 is 96.1 Å². The highest BCUT2D eigenvalue weighted by atomic mass is 32.1. The molecule has 254 valence electrons. The van der Waals surface area contributed by atoms with Crippen LogP contribution in [0.4, 0.5) is 0 Å². The van der Waals surface area contributed by atoms with Crippen molar-refractivity contribution in [3.05, 3.63) is 194 Å². The number of rotatable bonds is 3. The van der Waals surface area contributed by atoms with Crippen LogP contribution in [0.5, 0.6) is 0 Å². The first-order valence-corrected chi connectivity index (χ1v) is 19.8. The minimum Gasteiger partial charge on any atom is -0.135 e. The summed E-state index contributed by atoms with van der Waals surface area (Å²) in [5.74, 6) is 0. The van der Waals surface area contributed by atoms with E-state index < -0.39 is 0 Å². The van der Waals surface area contributed by atoms with E-state index in [1.807, 2.05) is 11.3 Å². The SMILES string of the molecule is c1ccc2cc3c(cc2c1)sc1ccc(-c2c4ccccc4c(-c4c5ccccc5cc5c(-c6cccc7ccccc67)cccc45)c4ccccc24)cc13. The van der Waals surface area contributed by atoms with Gasteiger partial charge in [-0.2, -0.15) is 0 Å². The minimum atomic E-state index is 1.25. The van der Waals surface area contributed by atoms with Gasteiger partial charge in [-0.15, -0.1) is 11.3 Å². The van der Waals surface area contributed by atoms with Crippen molar-refractivity contribution in [1.82, 2.24) is 0 Å². The zero-order chi connectivity index (χ0) is 36.0. The Morgan fingerprint density at radius 3 is 1.42 bits per heavy atom. The van der Waals surface area contributed by atoms with E-state index in [1.54, 1.807) is 0 Å². The van der Waals surface area contributed by atoms with Gasteiger partial charge in [-0.3, -0.25) is 0 Å². The summed E-state index contributed by atoms with van der Waals surface area (Å²) >= 11 is 1.89. The van der Waals surface area contributed by atoms with Crippen molar-refractivity contribution in [3.63, 3.8) is 0 Å². The Kier molecular flexibility index (Phi) is 6.60. The Labute approximate surface area is 322 Å². The number of thiophene rings is 1. The molecule has 0 nitrogen and oxygen atoms in total. The maximum Gasteiger partial charge on any atom is 0.0361 e. The molecule has 55 heavy (non-hydrogen) atoms. The first-order chi connectivity index (χ1) is 27.3. The van der Waals surface area contributed by atoms with Crippen LogP contribution in [0.1, 0.15) is 0 Å². The van der Waals surface area contributed by atoms with Crippen LogP contribution in [0.15, 0.2) is 194 Å². The largest absolute Gasteiger partial charge is 0.135 e. The number of fused-ring (bicyclic) bond motifs is 9. The van der Waals surface area contributed by atoms with E-state index in [0.717, 1.165) is 0 Å². The van der Waals surface area contributed by atoms with Crippen molar-refractivity contribution in [2.75, 3.05) is 0 Å². The molecule has 0 saturated carbocycles. The van der Waals surface area contributed by atoms with Crippen molar-refractivity contribution in [3.8, 4) is 33.4 Å².